The van der Waals surface area contributed by atoms with Crippen molar-refractivity contribution in [1.29, 1.82) is 0 Å². The number of ether oxygens (including phenoxy) is 1. The Labute approximate surface area is 141 Å². The number of aryl methyl sites for hydroxylation is 2. The summed E-state index contributed by atoms with van der Waals surface area (Å²) in [5.74, 6) is 2.39. The minimum atomic E-state index is 0.109. The van der Waals surface area contributed by atoms with Gasteiger partial charge in [-0.1, -0.05) is 12.1 Å². The van der Waals surface area contributed by atoms with Crippen molar-refractivity contribution in [1.82, 2.24) is 19.7 Å². The van der Waals surface area contributed by atoms with E-state index in [1.165, 1.54) is 0 Å². The molecule has 1 aromatic carbocycles. The van der Waals surface area contributed by atoms with Gasteiger partial charge < -0.3 is 10.1 Å². The molecule has 6 heteroatoms. The summed E-state index contributed by atoms with van der Waals surface area (Å²) in [6, 6.07) is 12.0. The van der Waals surface area contributed by atoms with Crippen molar-refractivity contribution in [3.05, 3.63) is 65.9 Å². The van der Waals surface area contributed by atoms with E-state index < -0.39 is 0 Å². The number of nitrogens with zero attached hydrogens (tertiary/aromatic N) is 4. The van der Waals surface area contributed by atoms with Crippen molar-refractivity contribution >= 4 is 5.82 Å². The Bertz CT molecular complexity index is 814. The van der Waals surface area contributed by atoms with Gasteiger partial charge in [0.1, 0.15) is 24.0 Å². The first-order valence-electron chi connectivity index (χ1n) is 7.87. The lowest BCUT2D eigenvalue weighted by Gasteiger charge is -2.16. The largest absolute Gasteiger partial charge is 0.487 e. The molecule has 0 aliphatic heterocycles. The van der Waals surface area contributed by atoms with Crippen LogP contribution in [0.5, 0.6) is 5.75 Å². The molecule has 3 aromatic rings. The minimum absolute atomic E-state index is 0.109. The van der Waals surface area contributed by atoms with Crippen LogP contribution in [0, 0.1) is 6.92 Å². The first-order valence-corrected chi connectivity index (χ1v) is 7.87. The van der Waals surface area contributed by atoms with Crippen LogP contribution in [0.1, 0.15) is 30.0 Å². The molecule has 6 nitrogen and oxygen atoms in total. The number of aromatic nitrogens is 4. The summed E-state index contributed by atoms with van der Waals surface area (Å²) in [7, 11) is 1.90. The molecule has 1 atom stereocenters. The normalized spacial score (nSPS) is 12.0. The summed E-state index contributed by atoms with van der Waals surface area (Å²) in [6.07, 6.45) is 3.66. The van der Waals surface area contributed by atoms with Crippen LogP contribution in [0.4, 0.5) is 5.82 Å². The number of rotatable bonds is 6. The molecule has 2 heterocycles. The standard InChI is InChI=1S/C18H21N5O/c1-13(20-18-7-9-19-14(2)21-18)15-5-4-6-17(11-15)24-12-16-8-10-23(3)22-16/h4-11,13H,12H2,1-3H3,(H,19,20,21). The fraction of sp³-hybridized carbons (Fsp3) is 0.278. The molecule has 0 aliphatic carbocycles. The Morgan fingerprint density at radius 1 is 1.25 bits per heavy atom. The summed E-state index contributed by atoms with van der Waals surface area (Å²) in [5.41, 5.74) is 2.04. The van der Waals surface area contributed by atoms with Crippen LogP contribution in [0.2, 0.25) is 0 Å². The van der Waals surface area contributed by atoms with E-state index in [9.17, 15) is 0 Å². The Balaban J connectivity index is 1.65. The molecule has 3 rings (SSSR count). The van der Waals surface area contributed by atoms with E-state index >= 15 is 0 Å². The SMILES string of the molecule is Cc1nccc(NC(C)c2cccc(OCc3ccn(C)n3)c2)n1. The van der Waals surface area contributed by atoms with Crippen LogP contribution in [0.15, 0.2) is 48.8 Å². The minimum Gasteiger partial charge on any atom is -0.487 e. The lowest BCUT2D eigenvalue weighted by atomic mass is 10.1. The number of nitrogens with one attached hydrogen (secondary N) is 1. The van der Waals surface area contributed by atoms with E-state index in [4.69, 9.17) is 4.74 Å². The molecule has 0 bridgehead atoms. The second kappa shape index (κ2) is 7.12. The van der Waals surface area contributed by atoms with Crippen molar-refractivity contribution < 1.29 is 4.74 Å². The van der Waals surface area contributed by atoms with E-state index in [2.05, 4.69) is 33.4 Å². The number of hydrogen-bond donors (Lipinski definition) is 1. The zero-order valence-corrected chi connectivity index (χ0v) is 14.1. The van der Waals surface area contributed by atoms with Crippen LogP contribution in [-0.4, -0.2) is 19.7 Å². The Morgan fingerprint density at radius 2 is 2.12 bits per heavy atom. The topological polar surface area (TPSA) is 64.9 Å². The van der Waals surface area contributed by atoms with Gasteiger partial charge >= 0.3 is 0 Å². The first kappa shape index (κ1) is 16.0. The van der Waals surface area contributed by atoms with Gasteiger partial charge in [-0.3, -0.25) is 4.68 Å². The van der Waals surface area contributed by atoms with Gasteiger partial charge in [-0.15, -0.1) is 0 Å². The van der Waals surface area contributed by atoms with Gasteiger partial charge in [0.15, 0.2) is 0 Å². The monoisotopic (exact) mass is 323 g/mol. The van der Waals surface area contributed by atoms with E-state index in [1.54, 1.807) is 10.9 Å². The highest BCUT2D eigenvalue weighted by Crippen LogP contribution is 2.22. The average molecular weight is 323 g/mol. The van der Waals surface area contributed by atoms with Crippen LogP contribution in [-0.2, 0) is 13.7 Å². The van der Waals surface area contributed by atoms with Crippen molar-refractivity contribution in [3.63, 3.8) is 0 Å². The molecule has 1 N–H and O–H groups in total. The fourth-order valence-electron chi connectivity index (χ4n) is 2.41. The van der Waals surface area contributed by atoms with Crippen molar-refractivity contribution in [3.8, 4) is 5.75 Å². The molecular formula is C18H21N5O. The second-order valence-electron chi connectivity index (χ2n) is 5.70. The number of benzene rings is 1. The summed E-state index contributed by atoms with van der Waals surface area (Å²) >= 11 is 0. The molecule has 0 saturated heterocycles. The molecule has 2 aromatic heterocycles. The van der Waals surface area contributed by atoms with E-state index in [-0.39, 0.29) is 6.04 Å². The Morgan fingerprint density at radius 3 is 2.88 bits per heavy atom. The molecule has 0 aliphatic rings. The molecule has 0 fully saturated rings. The van der Waals surface area contributed by atoms with Crippen LogP contribution < -0.4 is 10.1 Å². The van der Waals surface area contributed by atoms with Gasteiger partial charge in [0.2, 0.25) is 0 Å². The van der Waals surface area contributed by atoms with Gasteiger partial charge in [-0.2, -0.15) is 5.10 Å². The highest BCUT2D eigenvalue weighted by atomic mass is 16.5. The number of anilines is 1. The summed E-state index contributed by atoms with van der Waals surface area (Å²) in [4.78, 5) is 8.49. The number of hydrogen-bond acceptors (Lipinski definition) is 5. The lowest BCUT2D eigenvalue weighted by molar-refractivity contribution is 0.299. The third kappa shape index (κ3) is 4.10. The van der Waals surface area contributed by atoms with E-state index in [0.29, 0.717) is 6.61 Å². The molecule has 0 radical (unpaired) electrons. The van der Waals surface area contributed by atoms with Gasteiger partial charge in [-0.05, 0) is 43.7 Å². The van der Waals surface area contributed by atoms with Crippen LogP contribution in [0.3, 0.4) is 0 Å². The maximum Gasteiger partial charge on any atom is 0.132 e. The summed E-state index contributed by atoms with van der Waals surface area (Å²) in [6.45, 7) is 4.43. The summed E-state index contributed by atoms with van der Waals surface area (Å²) < 4.78 is 7.60. The molecule has 0 spiro atoms. The third-order valence-electron chi connectivity index (χ3n) is 3.65. The maximum absolute atomic E-state index is 5.84. The quantitative estimate of drug-likeness (QED) is 0.754. The molecular weight excluding hydrogens is 302 g/mol. The Hall–Kier alpha value is -2.89. The van der Waals surface area contributed by atoms with Crippen molar-refractivity contribution in [2.24, 2.45) is 7.05 Å². The summed E-state index contributed by atoms with van der Waals surface area (Å²) in [5, 5.41) is 7.69. The van der Waals surface area contributed by atoms with Gasteiger partial charge in [0.25, 0.3) is 0 Å². The van der Waals surface area contributed by atoms with Gasteiger partial charge in [0.05, 0.1) is 11.7 Å². The van der Waals surface area contributed by atoms with Gasteiger partial charge in [-0.25, -0.2) is 9.97 Å². The first-order chi connectivity index (χ1) is 11.6. The molecule has 0 saturated carbocycles. The van der Waals surface area contributed by atoms with E-state index in [1.807, 2.05) is 50.5 Å². The van der Waals surface area contributed by atoms with Crippen molar-refractivity contribution in [2.75, 3.05) is 5.32 Å². The Kier molecular flexibility index (Phi) is 4.74. The fourth-order valence-corrected chi connectivity index (χ4v) is 2.41. The molecule has 24 heavy (non-hydrogen) atoms. The zero-order valence-electron chi connectivity index (χ0n) is 14.1. The highest BCUT2D eigenvalue weighted by Gasteiger charge is 2.08. The van der Waals surface area contributed by atoms with Crippen LogP contribution >= 0.6 is 0 Å². The lowest BCUT2D eigenvalue weighted by Crippen LogP contribution is -2.09. The van der Waals surface area contributed by atoms with Crippen LogP contribution in [0.25, 0.3) is 0 Å². The smallest absolute Gasteiger partial charge is 0.132 e. The molecule has 1 unspecified atom stereocenters. The maximum atomic E-state index is 5.84. The predicted octanol–water partition coefficient (Wildman–Crippen LogP) is 3.27. The molecule has 0 amide bonds. The van der Waals surface area contributed by atoms with Crippen molar-refractivity contribution in [2.45, 2.75) is 26.5 Å². The molecule has 124 valence electrons. The third-order valence-corrected chi connectivity index (χ3v) is 3.65. The van der Waals surface area contributed by atoms with Gasteiger partial charge in [0, 0.05) is 19.4 Å². The predicted molar refractivity (Wildman–Crippen MR) is 92.8 cm³/mol. The highest BCUT2D eigenvalue weighted by molar-refractivity contribution is 5.39. The average Bonchev–Trinajstić information content (AvgIpc) is 2.99. The second-order valence-corrected chi connectivity index (χ2v) is 5.70. The van der Waals surface area contributed by atoms with E-state index in [0.717, 1.165) is 28.6 Å². The zero-order chi connectivity index (χ0) is 16.9.